The molecule has 2 N–H and O–H groups in total. The van der Waals surface area contributed by atoms with Crippen LogP contribution in [0.4, 0.5) is 5.95 Å². The van der Waals surface area contributed by atoms with E-state index in [-0.39, 0.29) is 12.1 Å². The number of tetrazole rings is 1. The molecule has 0 radical (unpaired) electrons. The quantitative estimate of drug-likeness (QED) is 0.786. The van der Waals surface area contributed by atoms with Gasteiger partial charge in [0.2, 0.25) is 5.95 Å². The van der Waals surface area contributed by atoms with Crippen molar-refractivity contribution in [3.63, 3.8) is 0 Å². The van der Waals surface area contributed by atoms with Gasteiger partial charge in [-0.15, -0.1) is 0 Å². The van der Waals surface area contributed by atoms with Crippen LogP contribution in [0, 0.1) is 5.92 Å². The van der Waals surface area contributed by atoms with Crippen molar-refractivity contribution in [1.82, 2.24) is 20.2 Å². The Labute approximate surface area is 95.0 Å². The largest absolute Gasteiger partial charge is 0.394 e. The number of nitrogens with zero attached hydrogens (tertiary/aromatic N) is 4. The summed E-state index contributed by atoms with van der Waals surface area (Å²) in [6, 6.07) is 0. The van der Waals surface area contributed by atoms with Crippen LogP contribution in [0.2, 0.25) is 0 Å². The Kier molecular flexibility index (Phi) is 3.09. The van der Waals surface area contributed by atoms with E-state index in [2.05, 4.69) is 27.8 Å². The fourth-order valence-electron chi connectivity index (χ4n) is 2.21. The number of aliphatic hydroxyl groups excluding tert-OH is 1. The molecule has 16 heavy (non-hydrogen) atoms. The predicted octanol–water partition coefficient (Wildman–Crippen LogP) is 0.563. The third kappa shape index (κ3) is 2.16. The molecular weight excluding hydrogens is 206 g/mol. The fraction of sp³-hybridized carbons (Fsp3) is 0.900. The highest BCUT2D eigenvalue weighted by atomic mass is 16.3. The van der Waals surface area contributed by atoms with Gasteiger partial charge in [0, 0.05) is 7.05 Å². The summed E-state index contributed by atoms with van der Waals surface area (Å²) in [5, 5.41) is 24.1. The van der Waals surface area contributed by atoms with Crippen molar-refractivity contribution in [1.29, 1.82) is 0 Å². The second-order valence-corrected chi connectivity index (χ2v) is 4.87. The summed E-state index contributed by atoms with van der Waals surface area (Å²) in [5.74, 6) is 1.38. The van der Waals surface area contributed by atoms with Gasteiger partial charge in [0.05, 0.1) is 12.1 Å². The number of rotatable bonds is 3. The predicted molar refractivity (Wildman–Crippen MR) is 59.9 cm³/mol. The van der Waals surface area contributed by atoms with E-state index in [1.165, 1.54) is 0 Å². The maximum atomic E-state index is 9.58. The van der Waals surface area contributed by atoms with E-state index in [1.807, 2.05) is 0 Å². The van der Waals surface area contributed by atoms with Crippen LogP contribution in [0.5, 0.6) is 0 Å². The van der Waals surface area contributed by atoms with Crippen LogP contribution < -0.4 is 5.32 Å². The topological polar surface area (TPSA) is 75.9 Å². The Morgan fingerprint density at radius 1 is 1.50 bits per heavy atom. The normalized spacial score (nSPS) is 30.3. The third-order valence-corrected chi connectivity index (χ3v) is 3.53. The molecule has 0 atom stereocenters. The van der Waals surface area contributed by atoms with Gasteiger partial charge in [-0.05, 0) is 42.0 Å². The van der Waals surface area contributed by atoms with Crippen molar-refractivity contribution in [3.05, 3.63) is 0 Å². The molecule has 1 saturated carbocycles. The van der Waals surface area contributed by atoms with Gasteiger partial charge in [0.15, 0.2) is 0 Å². The number of nitrogens with one attached hydrogen (secondary N) is 1. The molecule has 0 spiro atoms. The maximum absolute atomic E-state index is 9.58. The van der Waals surface area contributed by atoms with Crippen LogP contribution in [-0.4, -0.2) is 37.5 Å². The van der Waals surface area contributed by atoms with E-state index in [9.17, 15) is 5.11 Å². The Balaban J connectivity index is 2.08. The molecule has 1 aliphatic carbocycles. The first-order valence-electron chi connectivity index (χ1n) is 5.77. The average molecular weight is 225 g/mol. The molecule has 0 unspecified atom stereocenters. The zero-order valence-electron chi connectivity index (χ0n) is 9.85. The molecule has 1 aromatic rings. The van der Waals surface area contributed by atoms with Gasteiger partial charge in [0.25, 0.3) is 0 Å². The molecule has 1 heterocycles. The zero-order chi connectivity index (χ0) is 11.6. The highest BCUT2D eigenvalue weighted by molar-refractivity contribution is 5.28. The summed E-state index contributed by atoms with van der Waals surface area (Å²) in [6.07, 6.45) is 4.22. The van der Waals surface area contributed by atoms with Crippen LogP contribution in [0.3, 0.4) is 0 Å². The maximum Gasteiger partial charge on any atom is 0.243 e. The summed E-state index contributed by atoms with van der Waals surface area (Å²) in [7, 11) is 1.79. The monoisotopic (exact) mass is 225 g/mol. The summed E-state index contributed by atoms with van der Waals surface area (Å²) in [6.45, 7) is 2.39. The Bertz CT molecular complexity index is 343. The lowest BCUT2D eigenvalue weighted by Crippen LogP contribution is -2.45. The molecular formula is C10H19N5O. The van der Waals surface area contributed by atoms with Gasteiger partial charge in [-0.1, -0.05) is 12.0 Å². The van der Waals surface area contributed by atoms with Gasteiger partial charge in [0.1, 0.15) is 0 Å². The second-order valence-electron chi connectivity index (χ2n) is 4.87. The summed E-state index contributed by atoms with van der Waals surface area (Å²) in [5.41, 5.74) is -0.241. The summed E-state index contributed by atoms with van der Waals surface area (Å²) in [4.78, 5) is 0. The molecule has 6 nitrogen and oxygen atoms in total. The van der Waals surface area contributed by atoms with Crippen molar-refractivity contribution in [2.45, 2.75) is 38.1 Å². The van der Waals surface area contributed by atoms with E-state index >= 15 is 0 Å². The van der Waals surface area contributed by atoms with Crippen molar-refractivity contribution in [2.24, 2.45) is 13.0 Å². The first kappa shape index (κ1) is 11.3. The molecule has 1 aliphatic rings. The van der Waals surface area contributed by atoms with Gasteiger partial charge in [-0.3, -0.25) is 0 Å². The van der Waals surface area contributed by atoms with Crippen LogP contribution >= 0.6 is 0 Å². The van der Waals surface area contributed by atoms with Crippen LogP contribution in [0.1, 0.15) is 32.6 Å². The molecule has 90 valence electrons. The van der Waals surface area contributed by atoms with Crippen molar-refractivity contribution >= 4 is 5.95 Å². The van der Waals surface area contributed by atoms with Crippen LogP contribution in [0.15, 0.2) is 0 Å². The van der Waals surface area contributed by atoms with E-state index < -0.39 is 0 Å². The standard InChI is InChI=1S/C10H19N5O/c1-8-3-5-10(7-16,6-4-8)11-9-12-13-14-15(9)2/h8,16H,3-7H2,1-2H3,(H,11,12,14). The average Bonchev–Trinajstić information content (AvgIpc) is 2.68. The Morgan fingerprint density at radius 3 is 2.69 bits per heavy atom. The minimum atomic E-state index is -0.241. The Morgan fingerprint density at radius 2 is 2.19 bits per heavy atom. The summed E-state index contributed by atoms with van der Waals surface area (Å²) >= 11 is 0. The van der Waals surface area contributed by atoms with Crippen LogP contribution in [0.25, 0.3) is 0 Å². The van der Waals surface area contributed by atoms with Crippen molar-refractivity contribution in [2.75, 3.05) is 11.9 Å². The lowest BCUT2D eigenvalue weighted by atomic mass is 9.77. The molecule has 0 aromatic carbocycles. The van der Waals surface area contributed by atoms with Crippen molar-refractivity contribution < 1.29 is 5.11 Å². The molecule has 0 bridgehead atoms. The second kappa shape index (κ2) is 4.37. The van der Waals surface area contributed by atoms with E-state index in [0.29, 0.717) is 5.95 Å². The molecule has 0 amide bonds. The number of aliphatic hydroxyl groups is 1. The summed E-state index contributed by atoms with van der Waals surface area (Å²) < 4.78 is 1.59. The molecule has 1 aromatic heterocycles. The minimum absolute atomic E-state index is 0.132. The van der Waals surface area contributed by atoms with E-state index in [0.717, 1.165) is 31.6 Å². The number of aromatic nitrogens is 4. The van der Waals surface area contributed by atoms with Gasteiger partial charge >= 0.3 is 0 Å². The van der Waals surface area contributed by atoms with Gasteiger partial charge in [-0.2, -0.15) is 0 Å². The smallest absolute Gasteiger partial charge is 0.243 e. The lowest BCUT2D eigenvalue weighted by molar-refractivity contribution is 0.154. The zero-order valence-corrected chi connectivity index (χ0v) is 9.85. The van der Waals surface area contributed by atoms with Crippen LogP contribution in [-0.2, 0) is 7.05 Å². The fourth-order valence-corrected chi connectivity index (χ4v) is 2.21. The molecule has 1 fully saturated rings. The highest BCUT2D eigenvalue weighted by Gasteiger charge is 2.34. The van der Waals surface area contributed by atoms with Gasteiger partial charge < -0.3 is 10.4 Å². The third-order valence-electron chi connectivity index (χ3n) is 3.53. The highest BCUT2D eigenvalue weighted by Crippen LogP contribution is 2.33. The van der Waals surface area contributed by atoms with E-state index in [1.54, 1.807) is 11.7 Å². The van der Waals surface area contributed by atoms with E-state index in [4.69, 9.17) is 0 Å². The molecule has 0 saturated heterocycles. The molecule has 2 rings (SSSR count). The minimum Gasteiger partial charge on any atom is -0.394 e. The first-order valence-corrected chi connectivity index (χ1v) is 5.77. The number of hydrogen-bond acceptors (Lipinski definition) is 5. The first-order chi connectivity index (χ1) is 7.65. The van der Waals surface area contributed by atoms with Crippen molar-refractivity contribution in [3.8, 4) is 0 Å². The SMILES string of the molecule is CC1CCC(CO)(Nc2nnnn2C)CC1. The number of anilines is 1. The number of hydrogen-bond donors (Lipinski definition) is 2. The Hall–Kier alpha value is -1.17. The molecule has 0 aliphatic heterocycles. The van der Waals surface area contributed by atoms with Gasteiger partial charge in [-0.25, -0.2) is 4.68 Å². The lowest BCUT2D eigenvalue weighted by Gasteiger charge is -2.38. The molecule has 6 heteroatoms. The number of aryl methyl sites for hydroxylation is 1.